The highest BCUT2D eigenvalue weighted by Crippen LogP contribution is 2.53. The molecule has 2 unspecified atom stereocenters. The van der Waals surface area contributed by atoms with Crippen molar-refractivity contribution in [2.45, 2.75) is 42.9 Å². The number of rotatable bonds is 4. The van der Waals surface area contributed by atoms with Crippen LogP contribution in [0.2, 0.25) is 0 Å². The summed E-state index contributed by atoms with van der Waals surface area (Å²) in [5.74, 6) is 1.43. The average molecular weight is 391 g/mol. The number of carbonyl (C=O) groups is 1. The molecule has 2 aliphatic carbocycles. The summed E-state index contributed by atoms with van der Waals surface area (Å²) in [6.45, 7) is 1.64. The summed E-state index contributed by atoms with van der Waals surface area (Å²) in [4.78, 5) is 13.4. The molecule has 0 radical (unpaired) electrons. The topological polar surface area (TPSA) is 51.2 Å². The van der Waals surface area contributed by atoms with Crippen LogP contribution < -0.4 is 0 Å². The third-order valence-corrected chi connectivity index (χ3v) is 8.21. The lowest BCUT2D eigenvalue weighted by Gasteiger charge is -2.16. The van der Waals surface area contributed by atoms with Crippen LogP contribution in [0.25, 0.3) is 10.8 Å². The van der Waals surface area contributed by atoms with Crippen LogP contribution in [-0.4, -0.2) is 20.0 Å². The zero-order chi connectivity index (χ0) is 19.5. The van der Waals surface area contributed by atoms with Crippen molar-refractivity contribution in [1.29, 1.82) is 0 Å². The first-order valence-corrected chi connectivity index (χ1v) is 11.6. The van der Waals surface area contributed by atoms with Gasteiger partial charge in [-0.1, -0.05) is 37.3 Å². The summed E-state index contributed by atoms with van der Waals surface area (Å²) in [7, 11) is -3.24. The Balaban J connectivity index is 1.50. The Morgan fingerprint density at radius 2 is 1.50 bits per heavy atom. The van der Waals surface area contributed by atoms with Gasteiger partial charge >= 0.3 is 0 Å². The van der Waals surface area contributed by atoms with E-state index in [0.717, 1.165) is 16.3 Å². The molecule has 2 atom stereocenters. The molecule has 0 amide bonds. The maximum Gasteiger partial charge on any atom is 0.193 e. The normalized spacial score (nSPS) is 20.5. The second kappa shape index (κ2) is 6.28. The van der Waals surface area contributed by atoms with Crippen LogP contribution in [0, 0.1) is 0 Å². The van der Waals surface area contributed by atoms with Gasteiger partial charge in [-0.25, -0.2) is 8.42 Å². The van der Waals surface area contributed by atoms with Gasteiger partial charge in [0.15, 0.2) is 15.6 Å². The molecular formula is C24H22O3S. The molecule has 0 aliphatic heterocycles. The van der Waals surface area contributed by atoms with Crippen LogP contribution in [-0.2, 0) is 9.84 Å². The fourth-order valence-corrected chi connectivity index (χ4v) is 5.79. The van der Waals surface area contributed by atoms with Gasteiger partial charge in [-0.15, -0.1) is 0 Å². The van der Waals surface area contributed by atoms with Gasteiger partial charge in [-0.3, -0.25) is 4.79 Å². The Bertz CT molecular complexity index is 1220. The fourth-order valence-electron chi connectivity index (χ4n) is 4.88. The molecule has 2 aliphatic rings. The predicted octanol–water partition coefficient (Wildman–Crippen LogP) is 5.23. The van der Waals surface area contributed by atoms with E-state index in [1.165, 1.54) is 30.4 Å². The second-order valence-electron chi connectivity index (χ2n) is 8.01. The summed E-state index contributed by atoms with van der Waals surface area (Å²) in [6, 6.07) is 16.8. The van der Waals surface area contributed by atoms with Gasteiger partial charge in [0.25, 0.3) is 0 Å². The van der Waals surface area contributed by atoms with E-state index in [9.17, 15) is 13.2 Å². The van der Waals surface area contributed by atoms with E-state index in [1.807, 2.05) is 18.2 Å². The summed E-state index contributed by atoms with van der Waals surface area (Å²) in [5, 5.41) is 1.71. The third-order valence-electron chi connectivity index (χ3n) is 6.47. The minimum absolute atomic E-state index is 0.0257. The van der Waals surface area contributed by atoms with Crippen molar-refractivity contribution in [3.05, 3.63) is 76.9 Å². The van der Waals surface area contributed by atoms with Crippen molar-refractivity contribution < 1.29 is 13.2 Å². The molecule has 1 saturated carbocycles. The van der Waals surface area contributed by atoms with Crippen molar-refractivity contribution in [3.63, 3.8) is 0 Å². The number of ketones is 1. The van der Waals surface area contributed by atoms with E-state index in [-0.39, 0.29) is 11.5 Å². The van der Waals surface area contributed by atoms with E-state index < -0.39 is 9.84 Å². The van der Waals surface area contributed by atoms with Crippen LogP contribution in [0.3, 0.4) is 0 Å². The lowest BCUT2D eigenvalue weighted by atomic mass is 9.89. The van der Waals surface area contributed by atoms with Crippen LogP contribution >= 0.6 is 0 Å². The number of carbonyl (C=O) groups excluding carboxylic acids is 1. The van der Waals surface area contributed by atoms with Gasteiger partial charge in [-0.05, 0) is 77.3 Å². The van der Waals surface area contributed by atoms with E-state index in [2.05, 4.69) is 12.1 Å². The Morgan fingerprint density at radius 1 is 0.857 bits per heavy atom. The first kappa shape index (κ1) is 17.6. The van der Waals surface area contributed by atoms with Gasteiger partial charge in [0.05, 0.1) is 10.6 Å². The summed E-state index contributed by atoms with van der Waals surface area (Å²) in [6.07, 6.45) is 3.77. The number of hydrogen-bond donors (Lipinski definition) is 0. The molecule has 4 heteroatoms. The monoisotopic (exact) mass is 390 g/mol. The minimum atomic E-state index is -3.24. The lowest BCUT2D eigenvalue weighted by Crippen LogP contribution is -2.05. The molecule has 5 rings (SSSR count). The number of sulfone groups is 1. The number of benzene rings is 3. The zero-order valence-electron chi connectivity index (χ0n) is 15.8. The molecule has 0 aromatic heterocycles. The summed E-state index contributed by atoms with van der Waals surface area (Å²) in [5.41, 5.74) is 4.20. The quantitative estimate of drug-likeness (QED) is 0.573. The molecule has 0 spiro atoms. The molecule has 3 aromatic carbocycles. The SMILES string of the molecule is CCS(=O)(=O)c1ccc2cc(C(=O)c3ccc4c(c3)C3CCC4C3)ccc2c1. The Kier molecular flexibility index (Phi) is 3.95. The molecular weight excluding hydrogens is 368 g/mol. The molecule has 3 nitrogen and oxygen atoms in total. The van der Waals surface area contributed by atoms with Crippen molar-refractivity contribution in [1.82, 2.24) is 0 Å². The first-order valence-electron chi connectivity index (χ1n) is 9.91. The van der Waals surface area contributed by atoms with Gasteiger partial charge < -0.3 is 0 Å². The predicted molar refractivity (Wildman–Crippen MR) is 111 cm³/mol. The second-order valence-corrected chi connectivity index (χ2v) is 10.3. The van der Waals surface area contributed by atoms with E-state index in [4.69, 9.17) is 0 Å². The van der Waals surface area contributed by atoms with Crippen molar-refractivity contribution in [2.75, 3.05) is 5.75 Å². The molecule has 1 fully saturated rings. The van der Waals surface area contributed by atoms with Crippen LogP contribution in [0.5, 0.6) is 0 Å². The van der Waals surface area contributed by atoms with Crippen molar-refractivity contribution >= 4 is 26.4 Å². The average Bonchev–Trinajstić information content (AvgIpc) is 3.34. The molecule has 0 saturated heterocycles. The van der Waals surface area contributed by atoms with Crippen LogP contribution in [0.15, 0.2) is 59.5 Å². The zero-order valence-corrected chi connectivity index (χ0v) is 16.6. The summed E-state index contributed by atoms with van der Waals surface area (Å²) >= 11 is 0. The molecule has 2 bridgehead atoms. The Hall–Kier alpha value is -2.46. The third kappa shape index (κ3) is 2.70. The Labute approximate surface area is 165 Å². The van der Waals surface area contributed by atoms with E-state index >= 15 is 0 Å². The maximum atomic E-state index is 13.1. The highest BCUT2D eigenvalue weighted by molar-refractivity contribution is 7.91. The highest BCUT2D eigenvalue weighted by atomic mass is 32.2. The van der Waals surface area contributed by atoms with Crippen LogP contribution in [0.4, 0.5) is 0 Å². The van der Waals surface area contributed by atoms with Crippen molar-refractivity contribution in [3.8, 4) is 0 Å². The van der Waals surface area contributed by atoms with E-state index in [1.54, 1.807) is 31.2 Å². The minimum Gasteiger partial charge on any atom is -0.289 e. The summed E-state index contributed by atoms with van der Waals surface area (Å²) < 4.78 is 24.2. The number of hydrogen-bond acceptors (Lipinski definition) is 3. The van der Waals surface area contributed by atoms with Gasteiger partial charge in [0.1, 0.15) is 0 Å². The van der Waals surface area contributed by atoms with Gasteiger partial charge in [-0.2, -0.15) is 0 Å². The molecule has 0 heterocycles. The van der Waals surface area contributed by atoms with Crippen molar-refractivity contribution in [2.24, 2.45) is 0 Å². The highest BCUT2D eigenvalue weighted by Gasteiger charge is 2.36. The van der Waals surface area contributed by atoms with Crippen LogP contribution in [0.1, 0.15) is 65.1 Å². The van der Waals surface area contributed by atoms with Gasteiger partial charge in [0, 0.05) is 11.1 Å². The smallest absolute Gasteiger partial charge is 0.193 e. The van der Waals surface area contributed by atoms with E-state index in [0.29, 0.717) is 22.3 Å². The van der Waals surface area contributed by atoms with Gasteiger partial charge in [0.2, 0.25) is 0 Å². The fraction of sp³-hybridized carbons (Fsp3) is 0.292. The lowest BCUT2D eigenvalue weighted by molar-refractivity contribution is 0.103. The first-order chi connectivity index (χ1) is 13.5. The molecule has 3 aromatic rings. The Morgan fingerprint density at radius 3 is 2.29 bits per heavy atom. The standard InChI is InChI=1S/C24H22O3S/c1-2-28(26,27)21-9-7-15-11-19(6-3-16(15)13-21)24(25)20-8-10-22-17-4-5-18(12-17)23(22)14-20/h3,6-11,13-14,17-18H,2,4-5,12H2,1H3. The molecule has 0 N–H and O–H groups in total. The number of fused-ring (bicyclic) bond motifs is 6. The molecule has 28 heavy (non-hydrogen) atoms. The maximum absolute atomic E-state index is 13.1. The largest absolute Gasteiger partial charge is 0.289 e. The molecule has 142 valence electrons.